The highest BCUT2D eigenvalue weighted by Crippen LogP contribution is 2.30. The van der Waals surface area contributed by atoms with E-state index in [1.807, 2.05) is 30.3 Å². The molecule has 2 aliphatic rings. The fourth-order valence-electron chi connectivity index (χ4n) is 4.23. The van der Waals surface area contributed by atoms with E-state index in [2.05, 4.69) is 10.2 Å². The molecule has 9 nitrogen and oxygen atoms in total. The Hall–Kier alpha value is -3.59. The van der Waals surface area contributed by atoms with Gasteiger partial charge in [0.1, 0.15) is 30.2 Å². The van der Waals surface area contributed by atoms with Crippen molar-refractivity contribution in [1.82, 2.24) is 20.0 Å². The van der Waals surface area contributed by atoms with Crippen molar-refractivity contribution in [1.29, 1.82) is 0 Å². The van der Waals surface area contributed by atoms with Gasteiger partial charge in [0.25, 0.3) is 5.91 Å². The zero-order chi connectivity index (χ0) is 24.1. The molecule has 4 rings (SSSR count). The van der Waals surface area contributed by atoms with Gasteiger partial charge < -0.3 is 19.7 Å². The summed E-state index contributed by atoms with van der Waals surface area (Å²) in [6.45, 7) is 5.24. The van der Waals surface area contributed by atoms with Crippen LogP contribution in [0.3, 0.4) is 0 Å². The van der Waals surface area contributed by atoms with Crippen LogP contribution >= 0.6 is 0 Å². The molecule has 0 aliphatic carbocycles. The van der Waals surface area contributed by atoms with Crippen LogP contribution in [-0.4, -0.2) is 85.5 Å². The van der Waals surface area contributed by atoms with Gasteiger partial charge in [0.2, 0.25) is 5.91 Å². The molecule has 2 heterocycles. The summed E-state index contributed by atoms with van der Waals surface area (Å²) in [7, 11) is 1.56. The van der Waals surface area contributed by atoms with Gasteiger partial charge in [0.15, 0.2) is 0 Å². The summed E-state index contributed by atoms with van der Waals surface area (Å²) in [6, 6.07) is 16.0. The molecule has 9 heteroatoms. The summed E-state index contributed by atoms with van der Waals surface area (Å²) in [5, 5.41) is 2.74. The number of hydrogen-bond acceptors (Lipinski definition) is 6. The first-order valence-corrected chi connectivity index (χ1v) is 11.4. The highest BCUT2D eigenvalue weighted by Gasteiger charge is 2.49. The maximum Gasteiger partial charge on any atom is 0.325 e. The van der Waals surface area contributed by atoms with Gasteiger partial charge in [-0.25, -0.2) is 4.79 Å². The van der Waals surface area contributed by atoms with Crippen molar-refractivity contribution in [2.75, 3.05) is 53.0 Å². The number of carbonyl (C=O) groups excluding carboxylic acids is 3. The Balaban J connectivity index is 1.27. The number of carbonyl (C=O) groups is 3. The molecule has 2 aromatic rings. The van der Waals surface area contributed by atoms with Crippen LogP contribution in [0.4, 0.5) is 4.79 Å². The quantitative estimate of drug-likeness (QED) is 0.596. The summed E-state index contributed by atoms with van der Waals surface area (Å²) in [5.74, 6) is 0.823. The first-order valence-electron chi connectivity index (χ1n) is 11.4. The fraction of sp³-hybridized carbons (Fsp3) is 0.400. The van der Waals surface area contributed by atoms with E-state index in [1.54, 1.807) is 43.2 Å². The highest BCUT2D eigenvalue weighted by molar-refractivity contribution is 6.09. The van der Waals surface area contributed by atoms with Crippen LogP contribution < -0.4 is 14.8 Å². The van der Waals surface area contributed by atoms with E-state index in [1.165, 1.54) is 0 Å². The van der Waals surface area contributed by atoms with Crippen molar-refractivity contribution in [3.8, 4) is 11.5 Å². The van der Waals surface area contributed by atoms with E-state index in [-0.39, 0.29) is 12.5 Å². The van der Waals surface area contributed by atoms with E-state index < -0.39 is 17.5 Å². The maximum atomic E-state index is 13.1. The number of benzene rings is 2. The third kappa shape index (κ3) is 4.99. The minimum Gasteiger partial charge on any atom is -0.497 e. The van der Waals surface area contributed by atoms with Crippen LogP contribution in [0.5, 0.6) is 11.5 Å². The first-order chi connectivity index (χ1) is 16.4. The first kappa shape index (κ1) is 23.6. The van der Waals surface area contributed by atoms with Crippen molar-refractivity contribution in [3.63, 3.8) is 0 Å². The van der Waals surface area contributed by atoms with E-state index >= 15 is 0 Å². The molecule has 0 spiro atoms. The molecule has 2 aliphatic heterocycles. The van der Waals surface area contributed by atoms with Gasteiger partial charge in [-0.3, -0.25) is 19.4 Å². The number of nitrogens with zero attached hydrogens (tertiary/aromatic N) is 3. The van der Waals surface area contributed by atoms with E-state index in [4.69, 9.17) is 9.47 Å². The number of methoxy groups -OCH3 is 1. The molecule has 4 amide bonds. The average Bonchev–Trinajstić information content (AvgIpc) is 3.09. The van der Waals surface area contributed by atoms with E-state index in [9.17, 15) is 14.4 Å². The monoisotopic (exact) mass is 466 g/mol. The largest absolute Gasteiger partial charge is 0.497 e. The van der Waals surface area contributed by atoms with Crippen LogP contribution in [0.1, 0.15) is 12.5 Å². The summed E-state index contributed by atoms with van der Waals surface area (Å²) < 4.78 is 10.9. The lowest BCUT2D eigenvalue weighted by Crippen LogP contribution is -2.52. The van der Waals surface area contributed by atoms with Crippen LogP contribution in [0.2, 0.25) is 0 Å². The van der Waals surface area contributed by atoms with Crippen LogP contribution in [0.25, 0.3) is 0 Å². The van der Waals surface area contributed by atoms with E-state index in [0.29, 0.717) is 44.1 Å². The second-order valence-electron chi connectivity index (χ2n) is 8.56. The molecule has 0 radical (unpaired) electrons. The summed E-state index contributed by atoms with van der Waals surface area (Å²) >= 11 is 0. The van der Waals surface area contributed by atoms with Crippen molar-refractivity contribution in [3.05, 3.63) is 60.2 Å². The number of para-hydroxylation sites is 1. The second-order valence-corrected chi connectivity index (χ2v) is 8.56. The molecular formula is C25H30N4O5. The Morgan fingerprint density at radius 1 is 0.971 bits per heavy atom. The van der Waals surface area contributed by atoms with Crippen LogP contribution in [0, 0.1) is 0 Å². The molecular weight excluding hydrogens is 436 g/mol. The number of ether oxygens (including phenoxy) is 2. The number of piperazine rings is 1. The lowest BCUT2D eigenvalue weighted by molar-refractivity contribution is -0.139. The summed E-state index contributed by atoms with van der Waals surface area (Å²) in [6.07, 6.45) is 0. The number of rotatable bonds is 8. The molecule has 2 aromatic carbocycles. The van der Waals surface area contributed by atoms with Gasteiger partial charge in [0.05, 0.1) is 7.11 Å². The SMILES string of the molecule is COc1ccc(C2(C)NC(=O)N(CC(=O)N3CCN(CCOc4ccccc4)CC3)C2=O)cc1. The van der Waals surface area contributed by atoms with E-state index in [0.717, 1.165) is 17.2 Å². The van der Waals surface area contributed by atoms with Crippen molar-refractivity contribution < 1.29 is 23.9 Å². The third-order valence-electron chi connectivity index (χ3n) is 6.38. The molecule has 34 heavy (non-hydrogen) atoms. The Kier molecular flexibility index (Phi) is 7.02. The zero-order valence-corrected chi connectivity index (χ0v) is 19.5. The third-order valence-corrected chi connectivity index (χ3v) is 6.38. The summed E-state index contributed by atoms with van der Waals surface area (Å²) in [5.41, 5.74) is -0.589. The highest BCUT2D eigenvalue weighted by atomic mass is 16.5. The Morgan fingerprint density at radius 2 is 1.65 bits per heavy atom. The Labute approximate surface area is 199 Å². The van der Waals surface area contributed by atoms with Gasteiger partial charge in [-0.2, -0.15) is 0 Å². The van der Waals surface area contributed by atoms with Gasteiger partial charge in [-0.1, -0.05) is 30.3 Å². The average molecular weight is 467 g/mol. The lowest BCUT2D eigenvalue weighted by Gasteiger charge is -2.35. The van der Waals surface area contributed by atoms with Crippen molar-refractivity contribution >= 4 is 17.8 Å². The van der Waals surface area contributed by atoms with Gasteiger partial charge in [-0.05, 0) is 36.8 Å². The normalized spacial score (nSPS) is 20.9. The molecule has 0 aromatic heterocycles. The smallest absolute Gasteiger partial charge is 0.325 e. The fourth-order valence-corrected chi connectivity index (χ4v) is 4.23. The molecule has 1 N–H and O–H groups in total. The standard InChI is InChI=1S/C25H30N4O5/c1-25(19-8-10-20(33-2)11-9-19)23(31)29(24(32)26-25)18-22(30)28-14-12-27(13-15-28)16-17-34-21-6-4-3-5-7-21/h3-11H,12-18H2,1-2H3,(H,26,32). The maximum absolute atomic E-state index is 13.1. The predicted molar refractivity (Wildman–Crippen MR) is 126 cm³/mol. The number of amides is 4. The van der Waals surface area contributed by atoms with Gasteiger partial charge in [0, 0.05) is 32.7 Å². The molecule has 1 unspecified atom stereocenters. The molecule has 2 fully saturated rings. The molecule has 0 saturated carbocycles. The zero-order valence-electron chi connectivity index (χ0n) is 19.5. The number of nitrogens with one attached hydrogen (secondary N) is 1. The Bertz CT molecular complexity index is 1020. The topological polar surface area (TPSA) is 91.4 Å². The molecule has 2 saturated heterocycles. The predicted octanol–water partition coefficient (Wildman–Crippen LogP) is 1.69. The van der Waals surface area contributed by atoms with Crippen LogP contribution in [0.15, 0.2) is 54.6 Å². The number of urea groups is 1. The van der Waals surface area contributed by atoms with Gasteiger partial charge in [-0.15, -0.1) is 0 Å². The molecule has 180 valence electrons. The lowest BCUT2D eigenvalue weighted by atomic mass is 9.92. The number of imide groups is 1. The molecule has 1 atom stereocenters. The van der Waals surface area contributed by atoms with Crippen molar-refractivity contribution in [2.24, 2.45) is 0 Å². The minimum absolute atomic E-state index is 0.234. The molecule has 0 bridgehead atoms. The second kappa shape index (κ2) is 10.1. The minimum atomic E-state index is -1.22. The van der Waals surface area contributed by atoms with Crippen LogP contribution in [-0.2, 0) is 15.1 Å². The number of hydrogen-bond donors (Lipinski definition) is 1. The summed E-state index contributed by atoms with van der Waals surface area (Å²) in [4.78, 5) is 43.5. The van der Waals surface area contributed by atoms with Crippen molar-refractivity contribution in [2.45, 2.75) is 12.5 Å². The Morgan fingerprint density at radius 3 is 2.29 bits per heavy atom. The van der Waals surface area contributed by atoms with Gasteiger partial charge >= 0.3 is 6.03 Å².